The Morgan fingerprint density at radius 3 is 2.35 bits per heavy atom. The van der Waals surface area contributed by atoms with Gasteiger partial charge in [0.1, 0.15) is 0 Å². The van der Waals surface area contributed by atoms with E-state index in [4.69, 9.17) is 4.99 Å². The molecular formula is C19H25N. The minimum atomic E-state index is 0.0617. The molecule has 0 saturated heterocycles. The third-order valence-corrected chi connectivity index (χ3v) is 4.87. The van der Waals surface area contributed by atoms with E-state index in [1.165, 1.54) is 33.7 Å². The number of hydrogen-bond donors (Lipinski definition) is 0. The highest BCUT2D eigenvalue weighted by Crippen LogP contribution is 2.51. The van der Waals surface area contributed by atoms with Gasteiger partial charge in [-0.15, -0.1) is 0 Å². The zero-order valence-electron chi connectivity index (χ0n) is 13.5. The summed E-state index contributed by atoms with van der Waals surface area (Å²) in [4.78, 5) is 4.99. The maximum absolute atomic E-state index is 4.99. The maximum Gasteiger partial charge on any atom is 0.0545 e. The predicted octanol–water partition coefficient (Wildman–Crippen LogP) is 5.31. The SMILES string of the molecule is CC(C)C1=NC2=C(C1)c1ccc(C(C)C)cc1C2(C)C. The first-order chi connectivity index (χ1) is 9.32. The van der Waals surface area contributed by atoms with Gasteiger partial charge < -0.3 is 0 Å². The van der Waals surface area contributed by atoms with Gasteiger partial charge in [0.05, 0.1) is 5.70 Å². The van der Waals surface area contributed by atoms with Gasteiger partial charge >= 0.3 is 0 Å². The van der Waals surface area contributed by atoms with Gasteiger partial charge in [-0.25, -0.2) is 0 Å². The van der Waals surface area contributed by atoms with Crippen molar-refractivity contribution >= 4 is 11.3 Å². The van der Waals surface area contributed by atoms with Crippen LogP contribution in [-0.4, -0.2) is 5.71 Å². The molecule has 0 bridgehead atoms. The fourth-order valence-corrected chi connectivity index (χ4v) is 3.42. The summed E-state index contributed by atoms with van der Waals surface area (Å²) in [5.41, 5.74) is 8.55. The Morgan fingerprint density at radius 1 is 1.05 bits per heavy atom. The Morgan fingerprint density at radius 2 is 1.75 bits per heavy atom. The Hall–Kier alpha value is -1.37. The molecule has 0 unspecified atom stereocenters. The van der Waals surface area contributed by atoms with E-state index in [1.54, 1.807) is 0 Å². The second kappa shape index (κ2) is 4.31. The van der Waals surface area contributed by atoms with E-state index in [0.29, 0.717) is 11.8 Å². The minimum absolute atomic E-state index is 0.0617. The predicted molar refractivity (Wildman–Crippen MR) is 87.4 cm³/mol. The molecule has 0 radical (unpaired) electrons. The number of nitrogens with zero attached hydrogens (tertiary/aromatic N) is 1. The van der Waals surface area contributed by atoms with Gasteiger partial charge in [0.25, 0.3) is 0 Å². The smallest absolute Gasteiger partial charge is 0.0545 e. The standard InChI is InChI=1S/C19H25N/c1-11(2)13-7-8-14-15-10-17(12(3)4)20-18(15)19(5,6)16(14)9-13/h7-9,11-12H,10H2,1-6H3. The van der Waals surface area contributed by atoms with Gasteiger partial charge in [0.15, 0.2) is 0 Å². The molecule has 2 aliphatic rings. The highest BCUT2D eigenvalue weighted by Gasteiger charge is 2.41. The van der Waals surface area contributed by atoms with Crippen molar-refractivity contribution in [2.75, 3.05) is 0 Å². The summed E-state index contributed by atoms with van der Waals surface area (Å²) in [6.07, 6.45) is 1.05. The third kappa shape index (κ3) is 1.79. The highest BCUT2D eigenvalue weighted by atomic mass is 14.8. The van der Waals surface area contributed by atoms with E-state index < -0.39 is 0 Å². The van der Waals surface area contributed by atoms with Gasteiger partial charge in [-0.05, 0) is 34.1 Å². The minimum Gasteiger partial charge on any atom is -0.260 e. The fourth-order valence-electron chi connectivity index (χ4n) is 3.42. The van der Waals surface area contributed by atoms with Crippen molar-refractivity contribution in [3.05, 3.63) is 40.6 Å². The van der Waals surface area contributed by atoms with Crippen LogP contribution in [0, 0.1) is 5.92 Å². The van der Waals surface area contributed by atoms with Crippen LogP contribution in [0.25, 0.3) is 5.57 Å². The second-order valence-electron chi connectivity index (χ2n) is 7.35. The summed E-state index contributed by atoms with van der Waals surface area (Å²) < 4.78 is 0. The van der Waals surface area contributed by atoms with E-state index in [1.807, 2.05) is 0 Å². The van der Waals surface area contributed by atoms with Crippen LogP contribution < -0.4 is 0 Å². The van der Waals surface area contributed by atoms with Crippen molar-refractivity contribution < 1.29 is 0 Å². The molecule has 0 fully saturated rings. The molecule has 0 amide bonds. The fraction of sp³-hybridized carbons (Fsp3) is 0.526. The summed E-state index contributed by atoms with van der Waals surface area (Å²) in [6.45, 7) is 13.7. The first-order valence-corrected chi connectivity index (χ1v) is 7.78. The van der Waals surface area contributed by atoms with Gasteiger partial charge in [-0.1, -0.05) is 59.7 Å². The molecule has 1 aliphatic carbocycles. The van der Waals surface area contributed by atoms with E-state index in [2.05, 4.69) is 59.7 Å². The summed E-state index contributed by atoms with van der Waals surface area (Å²) in [5.74, 6) is 1.14. The molecule has 1 aromatic rings. The van der Waals surface area contributed by atoms with Gasteiger partial charge in [-0.3, -0.25) is 4.99 Å². The molecule has 1 nitrogen and oxygen atoms in total. The Labute approximate surface area is 122 Å². The molecule has 106 valence electrons. The van der Waals surface area contributed by atoms with Crippen LogP contribution in [0.2, 0.25) is 0 Å². The van der Waals surface area contributed by atoms with Gasteiger partial charge in [0, 0.05) is 17.5 Å². The van der Waals surface area contributed by atoms with Crippen LogP contribution in [0.5, 0.6) is 0 Å². The lowest BCUT2D eigenvalue weighted by atomic mass is 9.83. The topological polar surface area (TPSA) is 12.4 Å². The molecule has 20 heavy (non-hydrogen) atoms. The van der Waals surface area contributed by atoms with Crippen molar-refractivity contribution in [3.63, 3.8) is 0 Å². The Bertz CT molecular complexity index is 627. The zero-order chi connectivity index (χ0) is 14.7. The number of rotatable bonds is 2. The number of hydrogen-bond acceptors (Lipinski definition) is 1. The zero-order valence-corrected chi connectivity index (χ0v) is 13.5. The maximum atomic E-state index is 4.99. The van der Waals surface area contributed by atoms with Gasteiger partial charge in [0.2, 0.25) is 0 Å². The van der Waals surface area contributed by atoms with Gasteiger partial charge in [-0.2, -0.15) is 0 Å². The lowest BCUT2D eigenvalue weighted by molar-refractivity contribution is 0.630. The lowest BCUT2D eigenvalue weighted by Crippen LogP contribution is -2.17. The molecule has 0 saturated carbocycles. The van der Waals surface area contributed by atoms with Crippen molar-refractivity contribution in [1.29, 1.82) is 0 Å². The molecule has 3 rings (SSSR count). The highest BCUT2D eigenvalue weighted by molar-refractivity contribution is 6.03. The van der Waals surface area contributed by atoms with Crippen LogP contribution in [0.3, 0.4) is 0 Å². The summed E-state index contributed by atoms with van der Waals surface area (Å²) in [6, 6.07) is 7.03. The lowest BCUT2D eigenvalue weighted by Gasteiger charge is -2.23. The van der Waals surface area contributed by atoms with E-state index in [9.17, 15) is 0 Å². The summed E-state index contributed by atoms with van der Waals surface area (Å²) in [5, 5.41) is 0. The van der Waals surface area contributed by atoms with E-state index in [-0.39, 0.29) is 5.41 Å². The molecule has 1 aromatic carbocycles. The van der Waals surface area contributed by atoms with Crippen molar-refractivity contribution in [2.45, 2.75) is 59.3 Å². The molecule has 1 aliphatic heterocycles. The van der Waals surface area contributed by atoms with Crippen molar-refractivity contribution in [2.24, 2.45) is 10.9 Å². The average Bonchev–Trinajstić information content (AvgIpc) is 2.90. The summed E-state index contributed by atoms with van der Waals surface area (Å²) >= 11 is 0. The van der Waals surface area contributed by atoms with Crippen LogP contribution in [0.15, 0.2) is 28.9 Å². The Kier molecular flexibility index (Phi) is 2.93. The molecular weight excluding hydrogens is 242 g/mol. The first-order valence-electron chi connectivity index (χ1n) is 7.78. The molecule has 0 spiro atoms. The normalized spacial score (nSPS) is 19.7. The van der Waals surface area contributed by atoms with E-state index in [0.717, 1.165) is 6.42 Å². The van der Waals surface area contributed by atoms with Crippen molar-refractivity contribution in [1.82, 2.24) is 0 Å². The first kappa shape index (κ1) is 13.6. The molecule has 1 heteroatoms. The average molecular weight is 267 g/mol. The molecule has 1 heterocycles. The Balaban J connectivity index is 2.09. The largest absolute Gasteiger partial charge is 0.260 e. The molecule has 0 N–H and O–H groups in total. The molecule has 0 atom stereocenters. The quantitative estimate of drug-likeness (QED) is 0.688. The second-order valence-corrected chi connectivity index (χ2v) is 7.35. The summed E-state index contributed by atoms with van der Waals surface area (Å²) in [7, 11) is 0. The van der Waals surface area contributed by atoms with Crippen LogP contribution in [0.1, 0.15) is 70.6 Å². The number of benzene rings is 1. The number of aliphatic imine (C=N–C) groups is 1. The van der Waals surface area contributed by atoms with Crippen molar-refractivity contribution in [3.8, 4) is 0 Å². The van der Waals surface area contributed by atoms with E-state index >= 15 is 0 Å². The third-order valence-electron chi connectivity index (χ3n) is 4.87. The number of allylic oxidation sites excluding steroid dienone is 2. The number of fused-ring (bicyclic) bond motifs is 2. The monoisotopic (exact) mass is 267 g/mol. The molecule has 0 aromatic heterocycles. The van der Waals surface area contributed by atoms with Crippen LogP contribution in [-0.2, 0) is 5.41 Å². The van der Waals surface area contributed by atoms with Crippen LogP contribution in [0.4, 0.5) is 0 Å². The van der Waals surface area contributed by atoms with Crippen LogP contribution >= 0.6 is 0 Å².